The van der Waals surface area contributed by atoms with E-state index in [2.05, 4.69) is 5.32 Å². The molecule has 0 aliphatic carbocycles. The van der Waals surface area contributed by atoms with Crippen molar-refractivity contribution in [2.45, 2.75) is 12.2 Å². The van der Waals surface area contributed by atoms with E-state index in [0.717, 1.165) is 6.54 Å². The first-order valence-corrected chi connectivity index (χ1v) is 6.76. The largest absolute Gasteiger partial charge is 0.487 e. The summed E-state index contributed by atoms with van der Waals surface area (Å²) in [7, 11) is 0. The molecule has 0 aromatic heterocycles. The van der Waals surface area contributed by atoms with Crippen LogP contribution in [0, 0.1) is 5.82 Å². The molecule has 2 saturated heterocycles. The van der Waals surface area contributed by atoms with Crippen LogP contribution in [0.3, 0.4) is 0 Å². The molecule has 0 bridgehead atoms. The van der Waals surface area contributed by atoms with Crippen LogP contribution in [-0.2, 0) is 9.53 Å². The van der Waals surface area contributed by atoms with Gasteiger partial charge in [0.15, 0.2) is 0 Å². The number of carbonyl (C=O) groups excluding carboxylic acids is 1. The number of nitrogens with zero attached hydrogens (tertiary/aromatic N) is 1. The zero-order valence-electron chi connectivity index (χ0n) is 11.0. The number of morpholine rings is 1. The lowest BCUT2D eigenvalue weighted by Gasteiger charge is -2.41. The lowest BCUT2D eigenvalue weighted by Crippen LogP contribution is -2.60. The van der Waals surface area contributed by atoms with Crippen LogP contribution in [-0.4, -0.2) is 55.8 Å². The van der Waals surface area contributed by atoms with E-state index in [1.807, 2.05) is 0 Å². The Hall–Kier alpha value is -1.66. The van der Waals surface area contributed by atoms with Crippen LogP contribution < -0.4 is 10.1 Å². The molecule has 1 aromatic rings. The summed E-state index contributed by atoms with van der Waals surface area (Å²) in [6, 6.07) is 5.90. The third-order valence-electron chi connectivity index (χ3n) is 3.48. The Morgan fingerprint density at radius 3 is 2.75 bits per heavy atom. The van der Waals surface area contributed by atoms with Gasteiger partial charge in [-0.3, -0.25) is 4.79 Å². The molecule has 5 nitrogen and oxygen atoms in total. The van der Waals surface area contributed by atoms with Gasteiger partial charge in [0.2, 0.25) is 0 Å². The molecule has 2 fully saturated rings. The summed E-state index contributed by atoms with van der Waals surface area (Å²) in [5.41, 5.74) is 0. The van der Waals surface area contributed by atoms with Gasteiger partial charge in [0.05, 0.1) is 19.7 Å². The molecule has 108 valence electrons. The van der Waals surface area contributed by atoms with Gasteiger partial charge >= 0.3 is 0 Å². The molecule has 0 saturated carbocycles. The molecule has 1 amide bonds. The normalized spacial score (nSPS) is 23.2. The molecule has 1 atom stereocenters. The Kier molecular flexibility index (Phi) is 3.84. The highest BCUT2D eigenvalue weighted by molar-refractivity contribution is 5.82. The minimum atomic E-state index is -0.379. The fraction of sp³-hybridized carbons (Fsp3) is 0.500. The van der Waals surface area contributed by atoms with E-state index < -0.39 is 0 Å². The fourth-order valence-electron chi connectivity index (χ4n) is 2.33. The zero-order chi connectivity index (χ0) is 13.9. The number of hydrogen-bond donors (Lipinski definition) is 1. The predicted molar refractivity (Wildman–Crippen MR) is 70.0 cm³/mol. The number of benzene rings is 1. The summed E-state index contributed by atoms with van der Waals surface area (Å²) in [5, 5.41) is 3.14. The SMILES string of the molecule is O=C(C1CNCCO1)N1CC(Oc2ccc(F)cc2)C1. The number of likely N-dealkylation sites (tertiary alicyclic amines) is 1. The van der Waals surface area contributed by atoms with Crippen LogP contribution in [0.25, 0.3) is 0 Å². The van der Waals surface area contributed by atoms with E-state index in [0.29, 0.717) is 32.0 Å². The number of carbonyl (C=O) groups is 1. The van der Waals surface area contributed by atoms with Gasteiger partial charge in [-0.25, -0.2) is 4.39 Å². The third-order valence-corrected chi connectivity index (χ3v) is 3.48. The van der Waals surface area contributed by atoms with Crippen molar-refractivity contribution in [2.75, 3.05) is 32.8 Å². The second-order valence-electron chi connectivity index (χ2n) is 5.00. The van der Waals surface area contributed by atoms with Crippen LogP contribution in [0.4, 0.5) is 4.39 Å². The third kappa shape index (κ3) is 2.91. The molecule has 6 heteroatoms. The van der Waals surface area contributed by atoms with Crippen molar-refractivity contribution in [2.24, 2.45) is 0 Å². The lowest BCUT2D eigenvalue weighted by atomic mass is 10.1. The lowest BCUT2D eigenvalue weighted by molar-refractivity contribution is -0.154. The van der Waals surface area contributed by atoms with Gasteiger partial charge in [-0.2, -0.15) is 0 Å². The summed E-state index contributed by atoms with van der Waals surface area (Å²) in [6.07, 6.45) is -0.406. The van der Waals surface area contributed by atoms with Crippen LogP contribution in [0.2, 0.25) is 0 Å². The minimum Gasteiger partial charge on any atom is -0.487 e. The summed E-state index contributed by atoms with van der Waals surface area (Å²) < 4.78 is 23.8. The van der Waals surface area contributed by atoms with Crippen molar-refractivity contribution in [3.63, 3.8) is 0 Å². The van der Waals surface area contributed by atoms with Crippen molar-refractivity contribution in [3.8, 4) is 5.75 Å². The van der Waals surface area contributed by atoms with Crippen LogP contribution in [0.1, 0.15) is 0 Å². The number of rotatable bonds is 3. The number of halogens is 1. The van der Waals surface area contributed by atoms with Gasteiger partial charge in [-0.15, -0.1) is 0 Å². The molecule has 2 aliphatic heterocycles. The van der Waals surface area contributed by atoms with Crippen LogP contribution in [0.15, 0.2) is 24.3 Å². The van der Waals surface area contributed by atoms with Crippen molar-refractivity contribution in [1.29, 1.82) is 0 Å². The molecule has 20 heavy (non-hydrogen) atoms. The quantitative estimate of drug-likeness (QED) is 0.871. The van der Waals surface area contributed by atoms with E-state index in [4.69, 9.17) is 9.47 Å². The molecule has 1 N–H and O–H groups in total. The number of ether oxygens (including phenoxy) is 2. The number of nitrogens with one attached hydrogen (secondary N) is 1. The van der Waals surface area contributed by atoms with Gasteiger partial charge in [-0.1, -0.05) is 0 Å². The fourth-order valence-corrected chi connectivity index (χ4v) is 2.33. The Morgan fingerprint density at radius 1 is 1.35 bits per heavy atom. The highest BCUT2D eigenvalue weighted by Crippen LogP contribution is 2.19. The Balaban J connectivity index is 1.46. The van der Waals surface area contributed by atoms with E-state index in [-0.39, 0.29) is 23.9 Å². The summed E-state index contributed by atoms with van der Waals surface area (Å²) in [4.78, 5) is 13.8. The van der Waals surface area contributed by atoms with E-state index in [9.17, 15) is 9.18 Å². The van der Waals surface area contributed by atoms with Gasteiger partial charge in [0.1, 0.15) is 23.8 Å². The summed E-state index contributed by atoms with van der Waals surface area (Å²) >= 11 is 0. The highest BCUT2D eigenvalue weighted by Gasteiger charge is 2.36. The maximum absolute atomic E-state index is 12.8. The van der Waals surface area contributed by atoms with Crippen molar-refractivity contribution in [1.82, 2.24) is 10.2 Å². The molecule has 2 heterocycles. The smallest absolute Gasteiger partial charge is 0.253 e. The van der Waals surface area contributed by atoms with E-state index >= 15 is 0 Å². The van der Waals surface area contributed by atoms with Gasteiger partial charge in [-0.05, 0) is 24.3 Å². The van der Waals surface area contributed by atoms with Gasteiger partial charge in [0.25, 0.3) is 5.91 Å². The second-order valence-corrected chi connectivity index (χ2v) is 5.00. The minimum absolute atomic E-state index is 0.0103. The van der Waals surface area contributed by atoms with Crippen LogP contribution in [0.5, 0.6) is 5.75 Å². The Morgan fingerprint density at radius 2 is 2.10 bits per heavy atom. The van der Waals surface area contributed by atoms with E-state index in [1.165, 1.54) is 12.1 Å². The standard InChI is InChI=1S/C14H17FN2O3/c15-10-1-3-11(4-2-10)20-12-8-17(9-12)14(18)13-7-16-5-6-19-13/h1-4,12-13,16H,5-9H2. The predicted octanol–water partition coefficient (Wildman–Crippen LogP) is 0.404. The molecule has 2 aliphatic rings. The van der Waals surface area contributed by atoms with Crippen molar-refractivity contribution in [3.05, 3.63) is 30.1 Å². The molecule has 1 unspecified atom stereocenters. The molecule has 0 radical (unpaired) electrons. The molecular formula is C14H17FN2O3. The van der Waals surface area contributed by atoms with Crippen molar-refractivity contribution >= 4 is 5.91 Å². The first-order chi connectivity index (χ1) is 9.72. The Bertz CT molecular complexity index is 468. The molecule has 3 rings (SSSR count). The molecule has 1 aromatic carbocycles. The average molecular weight is 280 g/mol. The molecule has 0 spiro atoms. The van der Waals surface area contributed by atoms with Gasteiger partial charge < -0.3 is 19.7 Å². The topological polar surface area (TPSA) is 50.8 Å². The second kappa shape index (κ2) is 5.76. The van der Waals surface area contributed by atoms with E-state index in [1.54, 1.807) is 17.0 Å². The summed E-state index contributed by atoms with van der Waals surface area (Å²) in [6.45, 7) is 3.03. The first kappa shape index (κ1) is 13.3. The first-order valence-electron chi connectivity index (χ1n) is 6.76. The monoisotopic (exact) mass is 280 g/mol. The van der Waals surface area contributed by atoms with Crippen LogP contribution >= 0.6 is 0 Å². The number of amides is 1. The highest BCUT2D eigenvalue weighted by atomic mass is 19.1. The Labute approximate surface area is 116 Å². The van der Waals surface area contributed by atoms with Gasteiger partial charge in [0, 0.05) is 13.1 Å². The maximum atomic E-state index is 12.8. The van der Waals surface area contributed by atoms with Crippen molar-refractivity contribution < 1.29 is 18.7 Å². The average Bonchev–Trinajstić information content (AvgIpc) is 2.45. The molecular weight excluding hydrogens is 263 g/mol. The maximum Gasteiger partial charge on any atom is 0.253 e. The summed E-state index contributed by atoms with van der Waals surface area (Å²) in [5.74, 6) is 0.347. The zero-order valence-corrected chi connectivity index (χ0v) is 11.0. The number of hydrogen-bond acceptors (Lipinski definition) is 4.